The number of pyridine rings is 1. The molecule has 4 N–H and O–H groups in total. The van der Waals surface area contributed by atoms with Crippen molar-refractivity contribution in [2.24, 2.45) is 0 Å². The van der Waals surface area contributed by atoms with Crippen molar-refractivity contribution in [3.8, 4) is 22.8 Å². The number of aliphatic hydroxyl groups is 1. The molecule has 2 saturated heterocycles. The van der Waals surface area contributed by atoms with E-state index in [0.717, 1.165) is 84.8 Å². The number of nitrogens with zero attached hydrogens (tertiary/aromatic N) is 10. The molecule has 5 aromatic heterocycles. The number of piperidine rings is 2. The molecule has 0 radical (unpaired) electrons. The Kier molecular flexibility index (Phi) is 12.1. The molecule has 7 aromatic rings. The third-order valence-corrected chi connectivity index (χ3v) is 12.6. The summed E-state index contributed by atoms with van der Waals surface area (Å²) in [5.41, 5.74) is 11.3. The van der Waals surface area contributed by atoms with Gasteiger partial charge in [0.25, 0.3) is 11.5 Å². The minimum Gasteiger partial charge on any atom is -0.457 e. The van der Waals surface area contributed by atoms with Gasteiger partial charge in [0.15, 0.2) is 11.3 Å². The molecule has 0 aliphatic carbocycles. The number of anilines is 3. The standard InChI is InChI=1S/C48H54N12O4/c1-4-34-27-53-60-40(25-41(54-46(34)60)57-23-9-8-11-36(57)21-24-61)50-26-33-15-20-42(62)58(28-33)32(3)31(2)48(63)56-22-10-12-37(29-56)59-47-43(45(49)51-30-52-47)44(55-59)35-16-18-39(19-17-35)64-38-13-6-5-7-14-38/h5-7,13-20,25,27-28,30,32,36-37,50,61H,2,4,8-12,21-24,26,29H2,1,3H3,(H2,49,51,52)/t32?,36-,37+/m0/s1. The lowest BCUT2D eigenvalue weighted by Crippen LogP contribution is -2.43. The minimum atomic E-state index is -0.612. The zero-order chi connectivity index (χ0) is 44.3. The van der Waals surface area contributed by atoms with Crippen molar-refractivity contribution >= 4 is 40.0 Å². The van der Waals surface area contributed by atoms with Crippen LogP contribution >= 0.6 is 0 Å². The number of likely N-dealkylation sites (tertiary alicyclic amines) is 1. The van der Waals surface area contributed by atoms with Crippen LogP contribution in [0, 0.1) is 0 Å². The van der Waals surface area contributed by atoms with E-state index in [4.69, 9.17) is 20.6 Å². The van der Waals surface area contributed by atoms with Crippen LogP contribution in [-0.4, -0.2) is 87.1 Å². The van der Waals surface area contributed by atoms with Crippen LogP contribution < -0.4 is 26.2 Å². The van der Waals surface area contributed by atoms with Crippen LogP contribution in [0.15, 0.2) is 108 Å². The van der Waals surface area contributed by atoms with Gasteiger partial charge in [0, 0.05) is 73.9 Å². The molecule has 0 spiro atoms. The number of nitrogen functional groups attached to an aromatic ring is 1. The number of carbonyl (C=O) groups is 1. The van der Waals surface area contributed by atoms with E-state index >= 15 is 0 Å². The maximum Gasteiger partial charge on any atom is 0.251 e. The number of para-hydroxylation sites is 1. The van der Waals surface area contributed by atoms with Crippen LogP contribution in [0.5, 0.6) is 11.5 Å². The third kappa shape index (κ3) is 8.40. The van der Waals surface area contributed by atoms with Gasteiger partial charge in [-0.25, -0.2) is 19.6 Å². The van der Waals surface area contributed by atoms with Gasteiger partial charge in [0.2, 0.25) is 0 Å². The van der Waals surface area contributed by atoms with Crippen LogP contribution in [-0.2, 0) is 17.8 Å². The lowest BCUT2D eigenvalue weighted by molar-refractivity contribution is -0.129. The molecule has 2 fully saturated rings. The maximum atomic E-state index is 14.3. The molecule has 2 aliphatic rings. The Morgan fingerprint density at radius 1 is 1.00 bits per heavy atom. The average Bonchev–Trinajstić information content (AvgIpc) is 3.94. The van der Waals surface area contributed by atoms with E-state index < -0.39 is 6.04 Å². The first-order valence-corrected chi connectivity index (χ1v) is 22.2. The molecule has 1 amide bonds. The molecule has 0 bridgehead atoms. The number of nitrogens with one attached hydrogen (secondary N) is 1. The molecule has 9 rings (SSSR count). The molecule has 0 saturated carbocycles. The summed E-state index contributed by atoms with van der Waals surface area (Å²) >= 11 is 0. The minimum absolute atomic E-state index is 0.130. The Labute approximate surface area is 371 Å². The van der Waals surface area contributed by atoms with Gasteiger partial charge in [-0.15, -0.1) is 0 Å². The van der Waals surface area contributed by atoms with E-state index in [0.29, 0.717) is 59.9 Å². The Balaban J connectivity index is 0.911. The maximum absolute atomic E-state index is 14.3. The summed E-state index contributed by atoms with van der Waals surface area (Å²) in [6, 6.07) is 22.0. The zero-order valence-electron chi connectivity index (χ0n) is 36.3. The molecule has 16 nitrogen and oxygen atoms in total. The van der Waals surface area contributed by atoms with E-state index in [1.165, 1.54) is 12.4 Å². The van der Waals surface area contributed by atoms with E-state index in [9.17, 15) is 14.7 Å². The highest BCUT2D eigenvalue weighted by molar-refractivity contribution is 5.98. The van der Waals surface area contributed by atoms with Crippen LogP contribution in [0.2, 0.25) is 0 Å². The van der Waals surface area contributed by atoms with Crippen molar-refractivity contribution in [1.82, 2.24) is 43.8 Å². The third-order valence-electron chi connectivity index (χ3n) is 12.6. The SMILES string of the molecule is C=C(C(=O)N1CCC[C@@H](n2nc(-c3ccc(Oc4ccccc4)cc3)c3c(N)ncnc32)C1)C(C)n1cc(CNc2cc(N3CCCC[C@H]3CCO)nc3c(CC)cnn23)ccc1=O. The Bertz CT molecular complexity index is 2850. The molecule has 1 unspecified atom stereocenters. The second kappa shape index (κ2) is 18.3. The van der Waals surface area contributed by atoms with Crippen LogP contribution in [0.25, 0.3) is 27.9 Å². The summed E-state index contributed by atoms with van der Waals surface area (Å²) in [6.07, 6.45) is 11.3. The normalized spacial score (nSPS) is 17.2. The number of amides is 1. The predicted molar refractivity (Wildman–Crippen MR) is 247 cm³/mol. The highest BCUT2D eigenvalue weighted by Crippen LogP contribution is 2.36. The first-order valence-electron chi connectivity index (χ1n) is 22.2. The monoisotopic (exact) mass is 862 g/mol. The van der Waals surface area contributed by atoms with Gasteiger partial charge in [-0.2, -0.15) is 14.7 Å². The molecule has 64 heavy (non-hydrogen) atoms. The molecular formula is C48H54N12O4. The Morgan fingerprint density at radius 2 is 1.81 bits per heavy atom. The number of aryl methyl sites for hydroxylation is 1. The number of nitrogens with two attached hydrogens (primary N) is 1. The fourth-order valence-electron chi connectivity index (χ4n) is 9.06. The number of carbonyl (C=O) groups excluding carboxylic acids is 1. The number of aliphatic hydroxyl groups excluding tert-OH is 1. The summed E-state index contributed by atoms with van der Waals surface area (Å²) in [7, 11) is 0. The molecule has 16 heteroatoms. The van der Waals surface area contributed by atoms with Crippen molar-refractivity contribution in [2.45, 2.75) is 83.5 Å². The number of aromatic nitrogens is 8. The van der Waals surface area contributed by atoms with E-state index in [2.05, 4.69) is 38.8 Å². The number of rotatable bonds is 14. The van der Waals surface area contributed by atoms with Crippen molar-refractivity contribution in [3.63, 3.8) is 0 Å². The van der Waals surface area contributed by atoms with Gasteiger partial charge < -0.3 is 35.3 Å². The molecule has 2 aromatic carbocycles. The molecular weight excluding hydrogens is 809 g/mol. The van der Waals surface area contributed by atoms with Crippen LogP contribution in [0.4, 0.5) is 17.5 Å². The predicted octanol–water partition coefficient (Wildman–Crippen LogP) is 6.97. The van der Waals surface area contributed by atoms with Crippen molar-refractivity contribution in [3.05, 3.63) is 125 Å². The van der Waals surface area contributed by atoms with E-state index in [1.807, 2.05) is 83.0 Å². The molecule has 3 atom stereocenters. The number of hydrogen-bond acceptors (Lipinski definition) is 12. The second-order valence-electron chi connectivity index (χ2n) is 16.7. The lowest BCUT2D eigenvalue weighted by atomic mass is 9.99. The second-order valence-corrected chi connectivity index (χ2v) is 16.7. The molecule has 330 valence electrons. The van der Waals surface area contributed by atoms with Crippen LogP contribution in [0.1, 0.15) is 75.6 Å². The van der Waals surface area contributed by atoms with Gasteiger partial charge in [-0.1, -0.05) is 37.8 Å². The van der Waals surface area contributed by atoms with Crippen molar-refractivity contribution < 1.29 is 14.6 Å². The highest BCUT2D eigenvalue weighted by atomic mass is 16.5. The van der Waals surface area contributed by atoms with Gasteiger partial charge in [0.1, 0.15) is 41.0 Å². The molecule has 2 aliphatic heterocycles. The summed E-state index contributed by atoms with van der Waals surface area (Å²) in [5.74, 6) is 3.16. The zero-order valence-corrected chi connectivity index (χ0v) is 36.3. The topological polar surface area (TPSA) is 187 Å². The summed E-state index contributed by atoms with van der Waals surface area (Å²) in [5, 5.41) is 23.7. The van der Waals surface area contributed by atoms with Gasteiger partial charge in [-0.3, -0.25) is 9.59 Å². The average molecular weight is 863 g/mol. The van der Waals surface area contributed by atoms with Gasteiger partial charge in [-0.05, 0) is 93.8 Å². The fourth-order valence-corrected chi connectivity index (χ4v) is 9.06. The number of hydrogen-bond donors (Lipinski definition) is 3. The Hall–Kier alpha value is -7.07. The summed E-state index contributed by atoms with van der Waals surface area (Å²) in [6.45, 7) is 10.5. The van der Waals surface area contributed by atoms with Crippen LogP contribution in [0.3, 0.4) is 0 Å². The molecule has 7 heterocycles. The fraction of sp³-hybridized carbons (Fsp3) is 0.354. The van der Waals surface area contributed by atoms with Gasteiger partial charge in [0.05, 0.1) is 23.7 Å². The number of ether oxygens (including phenoxy) is 1. The highest BCUT2D eigenvalue weighted by Gasteiger charge is 2.31. The first kappa shape index (κ1) is 42.2. The van der Waals surface area contributed by atoms with Crippen molar-refractivity contribution in [2.75, 3.05) is 42.2 Å². The number of fused-ring (bicyclic) bond motifs is 2. The van der Waals surface area contributed by atoms with E-state index in [1.54, 1.807) is 21.7 Å². The van der Waals surface area contributed by atoms with Crippen molar-refractivity contribution in [1.29, 1.82) is 0 Å². The Morgan fingerprint density at radius 3 is 2.61 bits per heavy atom. The summed E-state index contributed by atoms with van der Waals surface area (Å²) in [4.78, 5) is 45.7. The smallest absolute Gasteiger partial charge is 0.251 e. The first-order chi connectivity index (χ1) is 31.2. The summed E-state index contributed by atoms with van der Waals surface area (Å²) < 4.78 is 11.3. The van der Waals surface area contributed by atoms with E-state index in [-0.39, 0.29) is 30.2 Å². The van der Waals surface area contributed by atoms with Gasteiger partial charge >= 0.3 is 0 Å². The lowest BCUT2D eigenvalue weighted by Gasteiger charge is -2.36. The largest absolute Gasteiger partial charge is 0.457 e. The quantitative estimate of drug-likeness (QED) is 0.0956. The number of benzene rings is 2.